The van der Waals surface area contributed by atoms with Gasteiger partial charge < -0.3 is 15.2 Å². The normalized spacial score (nSPS) is 23.0. The number of rotatable bonds is 13. The van der Waals surface area contributed by atoms with E-state index in [0.29, 0.717) is 104 Å². The minimum absolute atomic E-state index is 0.0248. The second kappa shape index (κ2) is 25.9. The van der Waals surface area contributed by atoms with Crippen LogP contribution < -0.4 is 10.1 Å². The summed E-state index contributed by atoms with van der Waals surface area (Å²) in [6.07, 6.45) is 0.917. The monoisotopic (exact) mass is 1100 g/mol. The average Bonchev–Trinajstić information content (AvgIpc) is 3.42. The summed E-state index contributed by atoms with van der Waals surface area (Å²) in [7, 11) is 0. The average molecular weight is 1100 g/mol. The number of benzene rings is 3. The van der Waals surface area contributed by atoms with Gasteiger partial charge in [0.15, 0.2) is 0 Å². The number of ether oxygens (including phenoxy) is 1. The predicted octanol–water partition coefficient (Wildman–Crippen LogP) is 3.89. The van der Waals surface area contributed by atoms with Crippen molar-refractivity contribution in [3.05, 3.63) is 88.5 Å². The quantitative estimate of drug-likeness (QED) is 0.142. The number of carboxylic acid groups (broad SMARTS) is 1. The van der Waals surface area contributed by atoms with E-state index in [0.717, 1.165) is 28.3 Å². The number of halogens is 3. The van der Waals surface area contributed by atoms with Crippen LogP contribution in [-0.2, 0) is 52.1 Å². The maximum atomic E-state index is 14.9. The summed E-state index contributed by atoms with van der Waals surface area (Å²) in [4.78, 5) is 89.4. The van der Waals surface area contributed by atoms with Crippen LogP contribution in [0.4, 0.5) is 13.2 Å². The summed E-state index contributed by atoms with van der Waals surface area (Å²) in [5, 5.41) is 12.9. The van der Waals surface area contributed by atoms with Crippen molar-refractivity contribution in [2.24, 2.45) is 5.92 Å². The zero-order valence-corrected chi connectivity index (χ0v) is 44.7. The third-order valence-corrected chi connectivity index (χ3v) is 17.5. The fraction of sp³-hybridized carbons (Fsp3) is 0.509. The summed E-state index contributed by atoms with van der Waals surface area (Å²) in [5.41, 5.74) is 2.73. The van der Waals surface area contributed by atoms with Crippen LogP contribution in [0.1, 0.15) is 59.9 Å². The number of likely N-dealkylation sites (tertiary alicyclic amines) is 2. The Morgan fingerprint density at radius 1 is 0.747 bits per heavy atom. The first-order chi connectivity index (χ1) is 36.1. The van der Waals surface area contributed by atoms with E-state index in [2.05, 4.69) is 5.32 Å². The molecule has 75 heavy (non-hydrogen) atoms. The van der Waals surface area contributed by atoms with Gasteiger partial charge in [-0.05, 0) is 66.3 Å². The molecule has 5 fully saturated rings. The summed E-state index contributed by atoms with van der Waals surface area (Å²) in [6, 6.07) is 16.9. The molecule has 2 unspecified atom stereocenters. The topological polar surface area (TPSA) is 191 Å². The first-order valence-corrected chi connectivity index (χ1v) is 28.7. The second-order valence-corrected chi connectivity index (χ2v) is 22.4. The summed E-state index contributed by atoms with van der Waals surface area (Å²) in [6.45, 7) is 6.33. The minimum Gasteiger partial charge on any atom is -0.480 e. The van der Waals surface area contributed by atoms with Crippen molar-refractivity contribution in [1.82, 2.24) is 34.7 Å². The van der Waals surface area contributed by atoms with Gasteiger partial charge in [0, 0.05) is 18.0 Å². The molecule has 0 radical (unpaired) electrons. The molecule has 22 heteroatoms. The van der Waals surface area contributed by atoms with Gasteiger partial charge in [-0.3, -0.25) is 14.5 Å². The van der Waals surface area contributed by atoms with Crippen LogP contribution >= 0.6 is 0 Å². The number of nitrogens with one attached hydrogen (secondary N) is 1. The molecule has 5 aliphatic rings. The van der Waals surface area contributed by atoms with Gasteiger partial charge in [0.05, 0.1) is 12.1 Å². The third kappa shape index (κ3) is 15.4. The molecule has 5 heterocycles. The molecule has 4 bridgehead atoms. The van der Waals surface area contributed by atoms with E-state index >= 15 is 0 Å². The van der Waals surface area contributed by atoms with E-state index in [-0.39, 0.29) is 74.6 Å². The Kier molecular flexibility index (Phi) is 19.1. The SMILES string of the molecule is Cc1c(/C=C/c2cc(OCCNC(=O)C3CCN(C(=O)CN4CCN5CCN6CCN(CC4)CC(=O)[O][Ga]([O]C(=O)C6)[O]C(=O)C5)CC3)c(CN3CCCC[C@H]3C(=O)O)cc2C(F)(F)F)cccc1-c1ccccc1. The van der Waals surface area contributed by atoms with Gasteiger partial charge in [0.2, 0.25) is 5.91 Å². The van der Waals surface area contributed by atoms with Gasteiger partial charge in [0.1, 0.15) is 18.4 Å². The Hall–Kier alpha value is -5.75. The molecule has 2 N–H and O–H groups in total. The van der Waals surface area contributed by atoms with Crippen LogP contribution in [0.25, 0.3) is 23.3 Å². The molecule has 0 saturated carbocycles. The maximum absolute atomic E-state index is 14.9. The number of nitrogens with zero attached hydrogens (tertiary/aromatic N) is 6. The standard InChI is InChI=1S/C53H68F3N7O11.Ga/c1-37-38(10-7-11-43(37)39-8-3-2-4-9-39)13-14-41-31-46(42(30-44(41)53(54,55)56)32-63-18-6-5-12-45(63)52(72)73)74-29-17-57-51(71)40-15-19-62(20-16-40)47(64)33-58-21-23-59(34-48(65)66)25-27-61(36-50(69)70)28-26-60(24-22-58)35-49(67)68;/h2-4,7-11,13-14,30-31,40,45H,5-6,12,15-29,32-36H2,1H3,(H,57,71)(H,65,66)(H,67,68)(H,69,70)(H,72,73);/q;+3/p-3/b14-13+;/t45-;/m0./s1. The first kappa shape index (κ1) is 55.5. The molecule has 5 saturated heterocycles. The van der Waals surface area contributed by atoms with Gasteiger partial charge >= 0.3 is 212 Å². The van der Waals surface area contributed by atoms with Crippen LogP contribution in [0.2, 0.25) is 0 Å². The van der Waals surface area contributed by atoms with E-state index in [9.17, 15) is 47.0 Å². The predicted molar refractivity (Wildman–Crippen MR) is 270 cm³/mol. The van der Waals surface area contributed by atoms with E-state index < -0.39 is 64.9 Å². The van der Waals surface area contributed by atoms with E-state index in [1.54, 1.807) is 15.9 Å². The fourth-order valence-electron chi connectivity index (χ4n) is 10.3. The first-order valence-electron chi connectivity index (χ1n) is 25.8. The van der Waals surface area contributed by atoms with Gasteiger partial charge in [-0.25, -0.2) is 0 Å². The molecule has 402 valence electrons. The number of carboxylic acids is 1. The molecule has 2 amide bonds. The van der Waals surface area contributed by atoms with Crippen LogP contribution in [-0.4, -0.2) is 205 Å². The molecule has 3 aromatic rings. The molecule has 8 rings (SSSR count). The summed E-state index contributed by atoms with van der Waals surface area (Å²) < 4.78 is 67.2. The number of fused-ring (bicyclic) bond motifs is 7. The molecule has 0 aliphatic carbocycles. The number of aliphatic carboxylic acids is 1. The smallest absolute Gasteiger partial charge is 0.480 e. The fourth-order valence-corrected chi connectivity index (χ4v) is 12.5. The molecule has 3 aromatic carbocycles. The number of piperidine rings is 2. The molecule has 3 atom stereocenters. The Labute approximate surface area is 440 Å². The number of hydrogen-bond acceptors (Lipinski definition) is 15. The summed E-state index contributed by atoms with van der Waals surface area (Å²) in [5.74, 6) is -3.53. The molecule has 0 aromatic heterocycles. The molecule has 0 spiro atoms. The van der Waals surface area contributed by atoms with Gasteiger partial charge in [-0.2, -0.15) is 13.2 Å². The van der Waals surface area contributed by atoms with Crippen molar-refractivity contribution < 1.29 is 62.4 Å². The number of alkyl halides is 3. The molecule has 18 nitrogen and oxygen atoms in total. The van der Waals surface area contributed by atoms with Crippen LogP contribution in [0, 0.1) is 12.8 Å². The minimum atomic E-state index is -4.74. The van der Waals surface area contributed by atoms with Crippen molar-refractivity contribution in [3.63, 3.8) is 0 Å². The van der Waals surface area contributed by atoms with E-state index in [4.69, 9.17) is 15.3 Å². The van der Waals surface area contributed by atoms with Crippen LogP contribution in [0.5, 0.6) is 5.75 Å². The van der Waals surface area contributed by atoms with Crippen molar-refractivity contribution in [2.75, 3.05) is 111 Å². The van der Waals surface area contributed by atoms with Crippen molar-refractivity contribution in [2.45, 2.75) is 57.8 Å². The van der Waals surface area contributed by atoms with E-state index in [1.807, 2.05) is 75.1 Å². The number of hydrogen-bond donors (Lipinski definition) is 2. The Bertz CT molecular complexity index is 2530. The zero-order chi connectivity index (χ0) is 53.1. The second-order valence-electron chi connectivity index (χ2n) is 19.7. The number of amides is 2. The van der Waals surface area contributed by atoms with Crippen molar-refractivity contribution >= 4 is 65.2 Å². The van der Waals surface area contributed by atoms with Gasteiger partial charge in [-0.1, -0.05) is 67.1 Å². The molecule has 5 aliphatic heterocycles. The Morgan fingerprint density at radius 3 is 1.95 bits per heavy atom. The molecular formula is C53H65F3GaN7O11. The van der Waals surface area contributed by atoms with Crippen LogP contribution in [0.15, 0.2) is 60.7 Å². The third-order valence-electron chi connectivity index (χ3n) is 14.6. The van der Waals surface area contributed by atoms with Crippen molar-refractivity contribution in [1.29, 1.82) is 0 Å². The Balaban J connectivity index is 0.893. The number of carbonyl (C=O) groups is 6. The van der Waals surface area contributed by atoms with Gasteiger partial charge in [0.25, 0.3) is 0 Å². The summed E-state index contributed by atoms with van der Waals surface area (Å²) >= 11 is -4.00. The van der Waals surface area contributed by atoms with Crippen molar-refractivity contribution in [3.8, 4) is 16.9 Å². The zero-order valence-electron chi connectivity index (χ0n) is 42.3. The van der Waals surface area contributed by atoms with E-state index in [1.165, 1.54) is 12.1 Å². The molecular weight excluding hydrogens is 1040 g/mol. The van der Waals surface area contributed by atoms with Gasteiger partial charge in [-0.15, -0.1) is 0 Å². The van der Waals surface area contributed by atoms with Crippen LogP contribution in [0.3, 0.4) is 0 Å². The number of carbonyl (C=O) groups excluding carboxylic acids is 5. The Morgan fingerprint density at radius 2 is 1.35 bits per heavy atom.